The third kappa shape index (κ3) is 3.72. The Balaban J connectivity index is 2.03. The van der Waals surface area contributed by atoms with Gasteiger partial charge in [-0.3, -0.25) is 4.90 Å². The molecule has 2 nitrogen and oxygen atoms in total. The van der Waals surface area contributed by atoms with Crippen molar-refractivity contribution in [1.82, 2.24) is 10.2 Å². The first kappa shape index (κ1) is 15.3. The second kappa shape index (κ2) is 7.08. The van der Waals surface area contributed by atoms with Crippen LogP contribution >= 0.6 is 0 Å². The maximum Gasteiger partial charge on any atom is 0.0247 e. The van der Waals surface area contributed by atoms with E-state index in [4.69, 9.17) is 0 Å². The first-order valence-electron chi connectivity index (χ1n) is 8.62. The zero-order chi connectivity index (χ0) is 13.8. The van der Waals surface area contributed by atoms with Gasteiger partial charge in [-0.1, -0.05) is 53.4 Å². The van der Waals surface area contributed by atoms with Crippen molar-refractivity contribution in [3.63, 3.8) is 0 Å². The quantitative estimate of drug-likeness (QED) is 0.835. The summed E-state index contributed by atoms with van der Waals surface area (Å²) in [5, 5.41) is 3.83. The topological polar surface area (TPSA) is 15.3 Å². The fourth-order valence-corrected chi connectivity index (χ4v) is 3.93. The van der Waals surface area contributed by atoms with E-state index in [-0.39, 0.29) is 0 Å². The summed E-state index contributed by atoms with van der Waals surface area (Å²) >= 11 is 0. The summed E-state index contributed by atoms with van der Waals surface area (Å²) in [7, 11) is 0. The number of piperazine rings is 1. The van der Waals surface area contributed by atoms with Crippen molar-refractivity contribution in [2.24, 2.45) is 11.8 Å². The van der Waals surface area contributed by atoms with Crippen LogP contribution in [-0.4, -0.2) is 36.1 Å². The fraction of sp³-hybridized carbons (Fsp3) is 1.00. The van der Waals surface area contributed by atoms with E-state index in [2.05, 4.69) is 37.9 Å². The fourth-order valence-electron chi connectivity index (χ4n) is 3.93. The molecule has 1 N–H and O–H groups in total. The van der Waals surface area contributed by atoms with Gasteiger partial charge >= 0.3 is 0 Å². The van der Waals surface area contributed by atoms with Crippen LogP contribution in [0.25, 0.3) is 0 Å². The number of rotatable bonds is 4. The second-order valence-electron chi connectivity index (χ2n) is 7.20. The largest absolute Gasteiger partial charge is 0.311 e. The molecule has 19 heavy (non-hydrogen) atoms. The molecule has 3 atom stereocenters. The minimum atomic E-state index is 0.710. The maximum atomic E-state index is 3.83. The predicted molar refractivity (Wildman–Crippen MR) is 83.5 cm³/mol. The lowest BCUT2D eigenvalue weighted by Gasteiger charge is -2.48. The van der Waals surface area contributed by atoms with Gasteiger partial charge in [-0.05, 0) is 24.7 Å². The lowest BCUT2D eigenvalue weighted by molar-refractivity contribution is 0.0286. The van der Waals surface area contributed by atoms with Crippen LogP contribution in [0.4, 0.5) is 0 Å². The van der Waals surface area contributed by atoms with Crippen molar-refractivity contribution in [2.75, 3.05) is 13.1 Å². The molecule has 2 rings (SSSR count). The zero-order valence-electron chi connectivity index (χ0n) is 13.5. The summed E-state index contributed by atoms with van der Waals surface area (Å²) in [6, 6.07) is 2.33. The third-order valence-electron chi connectivity index (χ3n) is 5.57. The number of hydrogen-bond donors (Lipinski definition) is 1. The molecule has 0 amide bonds. The molecule has 2 fully saturated rings. The molecule has 0 aromatic heterocycles. The lowest BCUT2D eigenvalue weighted by Crippen LogP contribution is -2.62. The van der Waals surface area contributed by atoms with E-state index < -0.39 is 0 Å². The number of nitrogens with one attached hydrogen (secondary N) is 1. The molecular weight excluding hydrogens is 232 g/mol. The minimum Gasteiger partial charge on any atom is -0.311 e. The minimum absolute atomic E-state index is 0.710. The summed E-state index contributed by atoms with van der Waals surface area (Å²) < 4.78 is 0. The summed E-state index contributed by atoms with van der Waals surface area (Å²) in [4.78, 5) is 2.89. The van der Waals surface area contributed by atoms with E-state index in [1.807, 2.05) is 0 Å². The van der Waals surface area contributed by atoms with Crippen molar-refractivity contribution >= 4 is 0 Å². The van der Waals surface area contributed by atoms with Crippen LogP contribution in [0.2, 0.25) is 0 Å². The molecule has 0 radical (unpaired) electrons. The van der Waals surface area contributed by atoms with Gasteiger partial charge in [0, 0.05) is 31.2 Å². The van der Waals surface area contributed by atoms with Crippen molar-refractivity contribution in [3.8, 4) is 0 Å². The molecule has 1 aliphatic heterocycles. The Morgan fingerprint density at radius 3 is 2.37 bits per heavy atom. The standard InChI is InChI=1S/C17H34N2/c1-5-14(4)16-12-19(15-9-7-6-8-10-15)17(11-18-16)13(2)3/h13-18H,5-12H2,1-4H3. The molecule has 1 heterocycles. The van der Waals surface area contributed by atoms with Gasteiger partial charge < -0.3 is 5.32 Å². The molecule has 0 bridgehead atoms. The average Bonchev–Trinajstić information content (AvgIpc) is 2.46. The van der Waals surface area contributed by atoms with Gasteiger partial charge in [0.05, 0.1) is 0 Å². The van der Waals surface area contributed by atoms with Gasteiger partial charge in [0.25, 0.3) is 0 Å². The van der Waals surface area contributed by atoms with Crippen molar-refractivity contribution in [3.05, 3.63) is 0 Å². The Morgan fingerprint density at radius 1 is 1.11 bits per heavy atom. The number of hydrogen-bond acceptors (Lipinski definition) is 2. The highest BCUT2D eigenvalue weighted by Gasteiger charge is 2.35. The Labute approximate surface area is 120 Å². The Bertz CT molecular complexity index is 258. The van der Waals surface area contributed by atoms with Crippen LogP contribution in [0.1, 0.15) is 66.2 Å². The van der Waals surface area contributed by atoms with Crippen LogP contribution in [0.15, 0.2) is 0 Å². The lowest BCUT2D eigenvalue weighted by atomic mass is 9.87. The predicted octanol–water partition coefficient (Wildman–Crippen LogP) is 3.66. The van der Waals surface area contributed by atoms with Crippen molar-refractivity contribution in [1.29, 1.82) is 0 Å². The summed E-state index contributed by atoms with van der Waals surface area (Å²) in [6.45, 7) is 12.0. The monoisotopic (exact) mass is 266 g/mol. The van der Waals surface area contributed by atoms with Gasteiger partial charge in [0.15, 0.2) is 0 Å². The SMILES string of the molecule is CCC(C)C1CN(C2CCCCC2)C(C(C)C)CN1. The molecule has 2 heteroatoms. The molecule has 3 unspecified atom stereocenters. The third-order valence-corrected chi connectivity index (χ3v) is 5.57. The summed E-state index contributed by atoms with van der Waals surface area (Å²) in [5.74, 6) is 1.58. The molecular formula is C17H34N2. The van der Waals surface area contributed by atoms with Gasteiger partial charge in [-0.15, -0.1) is 0 Å². The molecule has 1 saturated heterocycles. The molecule has 1 saturated carbocycles. The van der Waals surface area contributed by atoms with Crippen molar-refractivity contribution < 1.29 is 0 Å². The van der Waals surface area contributed by atoms with Crippen LogP contribution in [0, 0.1) is 11.8 Å². The normalized spacial score (nSPS) is 32.7. The van der Waals surface area contributed by atoms with Crippen LogP contribution in [0.3, 0.4) is 0 Å². The van der Waals surface area contributed by atoms with E-state index >= 15 is 0 Å². The van der Waals surface area contributed by atoms with E-state index in [1.54, 1.807) is 0 Å². The smallest absolute Gasteiger partial charge is 0.0247 e. The van der Waals surface area contributed by atoms with Crippen LogP contribution < -0.4 is 5.32 Å². The highest BCUT2D eigenvalue weighted by Crippen LogP contribution is 2.29. The Hall–Kier alpha value is -0.0800. The van der Waals surface area contributed by atoms with Crippen LogP contribution in [-0.2, 0) is 0 Å². The average molecular weight is 266 g/mol. The molecule has 0 aromatic carbocycles. The molecule has 0 spiro atoms. The van der Waals surface area contributed by atoms with Gasteiger partial charge in [-0.2, -0.15) is 0 Å². The van der Waals surface area contributed by atoms with E-state index in [9.17, 15) is 0 Å². The van der Waals surface area contributed by atoms with Crippen molar-refractivity contribution in [2.45, 2.75) is 84.3 Å². The summed E-state index contributed by atoms with van der Waals surface area (Å²) in [5.41, 5.74) is 0. The van der Waals surface area contributed by atoms with E-state index in [1.165, 1.54) is 51.6 Å². The first-order chi connectivity index (χ1) is 9.13. The summed E-state index contributed by atoms with van der Waals surface area (Å²) in [6.07, 6.45) is 8.54. The van der Waals surface area contributed by atoms with Crippen LogP contribution in [0.5, 0.6) is 0 Å². The molecule has 112 valence electrons. The maximum absolute atomic E-state index is 3.83. The highest BCUT2D eigenvalue weighted by atomic mass is 15.3. The zero-order valence-corrected chi connectivity index (χ0v) is 13.5. The first-order valence-corrected chi connectivity index (χ1v) is 8.62. The molecule has 1 aliphatic carbocycles. The van der Waals surface area contributed by atoms with E-state index in [0.29, 0.717) is 6.04 Å². The Morgan fingerprint density at radius 2 is 1.79 bits per heavy atom. The van der Waals surface area contributed by atoms with Gasteiger partial charge in [0.1, 0.15) is 0 Å². The number of nitrogens with zero attached hydrogens (tertiary/aromatic N) is 1. The second-order valence-corrected chi connectivity index (χ2v) is 7.20. The van der Waals surface area contributed by atoms with E-state index in [0.717, 1.165) is 23.9 Å². The molecule has 2 aliphatic rings. The van der Waals surface area contributed by atoms with Gasteiger partial charge in [0.2, 0.25) is 0 Å². The van der Waals surface area contributed by atoms with Gasteiger partial charge in [-0.25, -0.2) is 0 Å². The highest BCUT2D eigenvalue weighted by molar-refractivity contribution is 4.93. The Kier molecular flexibility index (Phi) is 5.70. The molecule has 0 aromatic rings.